The molecule has 0 aliphatic carbocycles. The lowest BCUT2D eigenvalue weighted by atomic mass is 10.2. The third kappa shape index (κ3) is 6.44. The third-order valence-corrected chi connectivity index (χ3v) is 6.81. The quantitative estimate of drug-likeness (QED) is 0.377. The summed E-state index contributed by atoms with van der Waals surface area (Å²) in [6, 6.07) is 15.4. The molecule has 3 aromatic rings. The maximum absolute atomic E-state index is 14.4. The van der Waals surface area contributed by atoms with Gasteiger partial charge in [0.15, 0.2) is 0 Å². The lowest BCUT2D eigenvalue weighted by molar-refractivity contribution is -0.121. The smallest absolute Gasteiger partial charge is 0.255 e. The van der Waals surface area contributed by atoms with E-state index in [1.54, 1.807) is 19.1 Å². The minimum absolute atomic E-state index is 0.0360. The van der Waals surface area contributed by atoms with E-state index in [2.05, 4.69) is 10.5 Å². The summed E-state index contributed by atoms with van der Waals surface area (Å²) in [5.41, 5.74) is 3.55. The molecule has 0 heterocycles. The van der Waals surface area contributed by atoms with Crippen molar-refractivity contribution in [1.29, 1.82) is 0 Å². The molecule has 0 atom stereocenters. The van der Waals surface area contributed by atoms with E-state index in [9.17, 15) is 22.0 Å². The van der Waals surface area contributed by atoms with Gasteiger partial charge in [-0.3, -0.25) is 4.79 Å². The van der Waals surface area contributed by atoms with Gasteiger partial charge in [-0.05, 0) is 48.9 Å². The number of hydrazone groups is 1. The van der Waals surface area contributed by atoms with Gasteiger partial charge in [0, 0.05) is 17.1 Å². The van der Waals surface area contributed by atoms with Crippen LogP contribution in [0.2, 0.25) is 5.02 Å². The molecule has 0 radical (unpaired) electrons. The highest BCUT2D eigenvalue weighted by molar-refractivity contribution is 7.89. The molecule has 1 amide bonds. The standard InChI is InChI=1S/C23H20ClF2N3O3S/c1-16-5-11-19(12-6-16)33(31,32)29(14-20-21(24)3-2-4-22(20)26)15-23(30)28-27-13-17-7-9-18(25)10-8-17/h2-13H,14-15H2,1H3,(H,28,30)/b27-13-. The molecule has 33 heavy (non-hydrogen) atoms. The Labute approximate surface area is 195 Å². The number of carbonyl (C=O) groups is 1. The first-order valence-electron chi connectivity index (χ1n) is 9.74. The zero-order valence-electron chi connectivity index (χ0n) is 17.5. The summed E-state index contributed by atoms with van der Waals surface area (Å²) in [6.07, 6.45) is 1.28. The van der Waals surface area contributed by atoms with Crippen molar-refractivity contribution < 1.29 is 22.0 Å². The summed E-state index contributed by atoms with van der Waals surface area (Å²) in [5, 5.41) is 3.80. The Morgan fingerprint density at radius 3 is 2.36 bits per heavy atom. The number of amides is 1. The first-order valence-corrected chi connectivity index (χ1v) is 11.6. The summed E-state index contributed by atoms with van der Waals surface area (Å²) in [4.78, 5) is 12.4. The van der Waals surface area contributed by atoms with Gasteiger partial charge in [0.25, 0.3) is 5.91 Å². The molecule has 1 N–H and O–H groups in total. The van der Waals surface area contributed by atoms with Gasteiger partial charge in [-0.15, -0.1) is 0 Å². The van der Waals surface area contributed by atoms with Gasteiger partial charge < -0.3 is 0 Å². The van der Waals surface area contributed by atoms with Gasteiger partial charge >= 0.3 is 0 Å². The number of nitrogens with one attached hydrogen (secondary N) is 1. The number of rotatable bonds is 8. The van der Waals surface area contributed by atoms with Crippen LogP contribution >= 0.6 is 11.6 Å². The molecule has 3 aromatic carbocycles. The van der Waals surface area contributed by atoms with Crippen LogP contribution in [0.5, 0.6) is 0 Å². The Morgan fingerprint density at radius 2 is 1.73 bits per heavy atom. The number of nitrogens with zero attached hydrogens (tertiary/aromatic N) is 2. The number of hydrogen-bond acceptors (Lipinski definition) is 4. The van der Waals surface area contributed by atoms with Crippen LogP contribution < -0.4 is 5.43 Å². The van der Waals surface area contributed by atoms with Crippen molar-refractivity contribution in [3.8, 4) is 0 Å². The monoisotopic (exact) mass is 491 g/mol. The Morgan fingerprint density at radius 1 is 1.06 bits per heavy atom. The van der Waals surface area contributed by atoms with Crippen LogP contribution in [0.15, 0.2) is 76.7 Å². The van der Waals surface area contributed by atoms with Gasteiger partial charge in [0.05, 0.1) is 17.7 Å². The molecule has 0 aliphatic rings. The molecule has 172 valence electrons. The summed E-state index contributed by atoms with van der Waals surface area (Å²) in [7, 11) is -4.17. The van der Waals surface area contributed by atoms with Gasteiger partial charge in [-0.1, -0.05) is 47.5 Å². The van der Waals surface area contributed by atoms with Crippen molar-refractivity contribution in [1.82, 2.24) is 9.73 Å². The maximum atomic E-state index is 14.4. The number of hydrogen-bond donors (Lipinski definition) is 1. The topological polar surface area (TPSA) is 78.8 Å². The highest BCUT2D eigenvalue weighted by atomic mass is 35.5. The Hall–Kier alpha value is -3.14. The first kappa shape index (κ1) is 24.5. The summed E-state index contributed by atoms with van der Waals surface area (Å²) in [5.74, 6) is -1.86. The molecule has 0 unspecified atom stereocenters. The van der Waals surface area contributed by atoms with Gasteiger partial charge in [-0.2, -0.15) is 9.41 Å². The largest absolute Gasteiger partial charge is 0.272 e. The van der Waals surface area contributed by atoms with E-state index in [1.165, 1.54) is 54.7 Å². The van der Waals surface area contributed by atoms with Crippen molar-refractivity contribution in [2.75, 3.05) is 6.54 Å². The van der Waals surface area contributed by atoms with Gasteiger partial charge in [0.1, 0.15) is 11.6 Å². The molecule has 10 heteroatoms. The lowest BCUT2D eigenvalue weighted by Gasteiger charge is -2.22. The van der Waals surface area contributed by atoms with Crippen LogP contribution in [0, 0.1) is 18.6 Å². The molecule has 3 rings (SSSR count). The van der Waals surface area contributed by atoms with E-state index in [0.29, 0.717) is 5.56 Å². The lowest BCUT2D eigenvalue weighted by Crippen LogP contribution is -2.39. The Bertz CT molecular complexity index is 1240. The molecule has 0 aliphatic heterocycles. The van der Waals surface area contributed by atoms with Crippen molar-refractivity contribution in [2.45, 2.75) is 18.4 Å². The SMILES string of the molecule is Cc1ccc(S(=O)(=O)N(CC(=O)N/N=C\c2ccc(F)cc2)Cc2c(F)cccc2Cl)cc1. The second-order valence-electron chi connectivity index (χ2n) is 7.13. The third-order valence-electron chi connectivity index (χ3n) is 4.65. The highest BCUT2D eigenvalue weighted by Crippen LogP contribution is 2.24. The Balaban J connectivity index is 1.84. The predicted molar refractivity (Wildman–Crippen MR) is 122 cm³/mol. The fourth-order valence-electron chi connectivity index (χ4n) is 2.87. The molecule has 0 spiro atoms. The number of benzene rings is 3. The molecule has 6 nitrogen and oxygen atoms in total. The molecular formula is C23H20ClF2N3O3S. The average Bonchev–Trinajstić information content (AvgIpc) is 2.77. The molecule has 0 saturated heterocycles. The van der Waals surface area contributed by atoms with Gasteiger partial charge in [0.2, 0.25) is 10.0 Å². The van der Waals surface area contributed by atoms with Crippen LogP contribution in [-0.4, -0.2) is 31.4 Å². The van der Waals surface area contributed by atoms with E-state index in [4.69, 9.17) is 11.6 Å². The molecule has 0 saturated carbocycles. The summed E-state index contributed by atoms with van der Waals surface area (Å²) >= 11 is 6.08. The van der Waals surface area contributed by atoms with Crippen LogP contribution in [0.3, 0.4) is 0 Å². The van der Waals surface area contributed by atoms with E-state index >= 15 is 0 Å². The zero-order valence-corrected chi connectivity index (χ0v) is 19.1. The van der Waals surface area contributed by atoms with Crippen LogP contribution in [0.25, 0.3) is 0 Å². The summed E-state index contributed by atoms with van der Waals surface area (Å²) in [6.45, 7) is 0.707. The number of halogens is 3. The first-order chi connectivity index (χ1) is 15.7. The van der Waals surface area contributed by atoms with Crippen molar-refractivity contribution >= 4 is 33.7 Å². The van der Waals surface area contributed by atoms with Crippen LogP contribution in [-0.2, 0) is 21.4 Å². The van der Waals surface area contributed by atoms with Crippen LogP contribution in [0.4, 0.5) is 8.78 Å². The van der Waals surface area contributed by atoms with E-state index in [1.807, 2.05) is 0 Å². The van der Waals surface area contributed by atoms with Crippen molar-refractivity contribution in [2.24, 2.45) is 5.10 Å². The fraction of sp³-hybridized carbons (Fsp3) is 0.130. The number of sulfonamides is 1. The second-order valence-corrected chi connectivity index (χ2v) is 9.48. The number of carbonyl (C=O) groups excluding carboxylic acids is 1. The number of aryl methyl sites for hydroxylation is 1. The van der Waals surface area contributed by atoms with E-state index in [-0.39, 0.29) is 15.5 Å². The Kier molecular flexibility index (Phi) is 7.91. The van der Waals surface area contributed by atoms with E-state index < -0.39 is 40.7 Å². The summed E-state index contributed by atoms with van der Waals surface area (Å²) < 4.78 is 54.6. The normalized spacial score (nSPS) is 11.8. The fourth-order valence-corrected chi connectivity index (χ4v) is 4.46. The minimum atomic E-state index is -4.17. The maximum Gasteiger partial charge on any atom is 0.255 e. The molecular weight excluding hydrogens is 472 g/mol. The second kappa shape index (κ2) is 10.7. The van der Waals surface area contributed by atoms with E-state index in [0.717, 1.165) is 15.9 Å². The zero-order chi connectivity index (χ0) is 24.0. The molecule has 0 aromatic heterocycles. The van der Waals surface area contributed by atoms with Crippen LogP contribution in [0.1, 0.15) is 16.7 Å². The van der Waals surface area contributed by atoms with Gasteiger partial charge in [-0.25, -0.2) is 22.6 Å². The van der Waals surface area contributed by atoms with Crippen molar-refractivity contribution in [3.63, 3.8) is 0 Å². The minimum Gasteiger partial charge on any atom is -0.272 e. The molecule has 0 fully saturated rings. The van der Waals surface area contributed by atoms with Crippen molar-refractivity contribution in [3.05, 3.63) is 100 Å². The average molecular weight is 492 g/mol. The highest BCUT2D eigenvalue weighted by Gasteiger charge is 2.28. The molecule has 0 bridgehead atoms. The predicted octanol–water partition coefficient (Wildman–Crippen LogP) is 4.27.